The summed E-state index contributed by atoms with van der Waals surface area (Å²) in [5.74, 6) is 0.465. The molecule has 0 aromatic rings. The summed E-state index contributed by atoms with van der Waals surface area (Å²) in [6.07, 6.45) is 5.79. The molecule has 18 heavy (non-hydrogen) atoms. The molecular weight excluding hydrogens is 228 g/mol. The predicted octanol–water partition coefficient (Wildman–Crippen LogP) is 1.50. The molecule has 2 rings (SSSR count). The summed E-state index contributed by atoms with van der Waals surface area (Å²) in [4.78, 5) is 28.0. The van der Waals surface area contributed by atoms with Crippen molar-refractivity contribution in [2.24, 2.45) is 11.8 Å². The van der Waals surface area contributed by atoms with E-state index in [1.165, 1.54) is 0 Å². The van der Waals surface area contributed by atoms with Gasteiger partial charge in [-0.15, -0.1) is 0 Å². The van der Waals surface area contributed by atoms with Crippen molar-refractivity contribution in [3.05, 3.63) is 0 Å². The van der Waals surface area contributed by atoms with Crippen molar-refractivity contribution in [1.82, 2.24) is 9.80 Å². The highest BCUT2D eigenvalue weighted by Crippen LogP contribution is 2.36. The van der Waals surface area contributed by atoms with E-state index in [-0.39, 0.29) is 23.7 Å². The fourth-order valence-electron chi connectivity index (χ4n) is 3.11. The van der Waals surface area contributed by atoms with Gasteiger partial charge in [-0.25, -0.2) is 0 Å². The maximum absolute atomic E-state index is 12.2. The minimum atomic E-state index is 0.0980. The SMILES string of the molecule is CN(C)CCCCN1C(=O)C2CCCC(C2)C1=O. The van der Waals surface area contributed by atoms with Gasteiger partial charge >= 0.3 is 0 Å². The largest absolute Gasteiger partial charge is 0.309 e. The molecule has 2 amide bonds. The Labute approximate surface area is 109 Å². The second kappa shape index (κ2) is 5.83. The number of unbranched alkanes of at least 4 members (excludes halogenated alkanes) is 1. The van der Waals surface area contributed by atoms with E-state index in [1.54, 1.807) is 4.90 Å². The molecule has 0 aromatic heterocycles. The zero-order valence-corrected chi connectivity index (χ0v) is 11.5. The predicted molar refractivity (Wildman–Crippen MR) is 70.0 cm³/mol. The maximum Gasteiger partial charge on any atom is 0.232 e. The molecule has 4 heteroatoms. The summed E-state index contributed by atoms with van der Waals surface area (Å²) < 4.78 is 0. The molecule has 2 aliphatic rings. The molecule has 1 aliphatic carbocycles. The average molecular weight is 252 g/mol. The van der Waals surface area contributed by atoms with Crippen molar-refractivity contribution in [2.75, 3.05) is 27.2 Å². The molecule has 1 saturated heterocycles. The summed E-state index contributed by atoms with van der Waals surface area (Å²) >= 11 is 0. The van der Waals surface area contributed by atoms with E-state index >= 15 is 0 Å². The van der Waals surface area contributed by atoms with Crippen LogP contribution in [0.5, 0.6) is 0 Å². The van der Waals surface area contributed by atoms with Crippen LogP contribution in [0.4, 0.5) is 0 Å². The van der Waals surface area contributed by atoms with Crippen molar-refractivity contribution in [3.8, 4) is 0 Å². The van der Waals surface area contributed by atoms with Gasteiger partial charge in [0.1, 0.15) is 0 Å². The maximum atomic E-state index is 12.2. The van der Waals surface area contributed by atoms with Crippen molar-refractivity contribution >= 4 is 11.8 Å². The van der Waals surface area contributed by atoms with Crippen LogP contribution in [0.25, 0.3) is 0 Å². The molecule has 2 bridgehead atoms. The molecule has 0 N–H and O–H groups in total. The first-order valence-electron chi connectivity index (χ1n) is 7.09. The number of imide groups is 1. The van der Waals surface area contributed by atoms with Crippen LogP contribution < -0.4 is 0 Å². The quantitative estimate of drug-likeness (QED) is 0.550. The molecule has 2 fully saturated rings. The van der Waals surface area contributed by atoms with Crippen LogP contribution in [0.3, 0.4) is 0 Å². The highest BCUT2D eigenvalue weighted by Gasteiger charge is 2.42. The standard InChI is InChI=1S/C14H24N2O2/c1-15(2)8-3-4-9-16-13(17)11-6-5-7-12(10-11)14(16)18/h11-12H,3-10H2,1-2H3. The van der Waals surface area contributed by atoms with Gasteiger partial charge in [0.25, 0.3) is 0 Å². The minimum absolute atomic E-state index is 0.0980. The number of fused-ring (bicyclic) bond motifs is 2. The summed E-state index contributed by atoms with van der Waals surface area (Å²) in [5.41, 5.74) is 0. The Balaban J connectivity index is 1.86. The third kappa shape index (κ3) is 2.91. The minimum Gasteiger partial charge on any atom is -0.309 e. The van der Waals surface area contributed by atoms with Gasteiger partial charge in [0.15, 0.2) is 0 Å². The molecule has 0 radical (unpaired) electrons. The monoisotopic (exact) mass is 252 g/mol. The lowest BCUT2D eigenvalue weighted by atomic mass is 9.77. The van der Waals surface area contributed by atoms with Crippen LogP contribution in [-0.2, 0) is 9.59 Å². The van der Waals surface area contributed by atoms with Gasteiger partial charge in [-0.3, -0.25) is 14.5 Å². The number of carbonyl (C=O) groups excluding carboxylic acids is 2. The van der Waals surface area contributed by atoms with Crippen molar-refractivity contribution in [1.29, 1.82) is 0 Å². The smallest absolute Gasteiger partial charge is 0.232 e. The molecule has 4 nitrogen and oxygen atoms in total. The lowest BCUT2D eigenvalue weighted by Gasteiger charge is -2.39. The van der Waals surface area contributed by atoms with E-state index in [0.717, 1.165) is 45.1 Å². The number of amides is 2. The van der Waals surface area contributed by atoms with Gasteiger partial charge in [-0.1, -0.05) is 6.42 Å². The lowest BCUT2D eigenvalue weighted by molar-refractivity contribution is -0.158. The second-order valence-electron chi connectivity index (χ2n) is 5.90. The van der Waals surface area contributed by atoms with Gasteiger partial charge in [0.05, 0.1) is 0 Å². The van der Waals surface area contributed by atoms with Crippen LogP contribution in [0.2, 0.25) is 0 Å². The van der Waals surface area contributed by atoms with E-state index in [4.69, 9.17) is 0 Å². The lowest BCUT2D eigenvalue weighted by Crippen LogP contribution is -2.51. The number of nitrogens with zero attached hydrogens (tertiary/aromatic N) is 2. The molecule has 0 spiro atoms. The molecular formula is C14H24N2O2. The molecule has 2 atom stereocenters. The van der Waals surface area contributed by atoms with Crippen LogP contribution in [0.1, 0.15) is 38.5 Å². The molecule has 1 heterocycles. The number of hydrogen-bond donors (Lipinski definition) is 0. The zero-order chi connectivity index (χ0) is 13.1. The Morgan fingerprint density at radius 2 is 1.72 bits per heavy atom. The fourth-order valence-corrected chi connectivity index (χ4v) is 3.11. The molecule has 1 aliphatic heterocycles. The highest BCUT2D eigenvalue weighted by atomic mass is 16.2. The van der Waals surface area contributed by atoms with Crippen molar-refractivity contribution < 1.29 is 9.59 Å². The van der Waals surface area contributed by atoms with E-state index in [1.807, 2.05) is 14.1 Å². The molecule has 0 aromatic carbocycles. The van der Waals surface area contributed by atoms with E-state index < -0.39 is 0 Å². The van der Waals surface area contributed by atoms with Gasteiger partial charge in [-0.2, -0.15) is 0 Å². The summed E-state index contributed by atoms with van der Waals surface area (Å²) in [6, 6.07) is 0. The fraction of sp³-hybridized carbons (Fsp3) is 0.857. The topological polar surface area (TPSA) is 40.6 Å². The Bertz CT molecular complexity index is 306. The number of hydrogen-bond acceptors (Lipinski definition) is 3. The summed E-state index contributed by atoms with van der Waals surface area (Å²) in [6.45, 7) is 1.64. The first kappa shape index (κ1) is 13.5. The Kier molecular flexibility index (Phi) is 4.38. The third-order valence-corrected chi connectivity index (χ3v) is 4.14. The first-order chi connectivity index (χ1) is 8.59. The number of rotatable bonds is 5. The normalized spacial score (nSPS) is 28.1. The molecule has 2 unspecified atom stereocenters. The molecule has 1 saturated carbocycles. The zero-order valence-electron chi connectivity index (χ0n) is 11.5. The molecule has 102 valence electrons. The van der Waals surface area contributed by atoms with Crippen LogP contribution in [0, 0.1) is 11.8 Å². The summed E-state index contributed by atoms with van der Waals surface area (Å²) in [5, 5.41) is 0. The second-order valence-corrected chi connectivity index (χ2v) is 5.90. The Morgan fingerprint density at radius 1 is 1.11 bits per heavy atom. The van der Waals surface area contributed by atoms with E-state index in [9.17, 15) is 9.59 Å². The Morgan fingerprint density at radius 3 is 2.28 bits per heavy atom. The highest BCUT2D eigenvalue weighted by molar-refractivity contribution is 6.00. The van der Waals surface area contributed by atoms with Gasteiger partial charge in [-0.05, 0) is 52.7 Å². The summed E-state index contributed by atoms with van der Waals surface area (Å²) in [7, 11) is 4.09. The first-order valence-corrected chi connectivity index (χ1v) is 7.09. The van der Waals surface area contributed by atoms with E-state index in [2.05, 4.69) is 4.90 Å². The average Bonchev–Trinajstić information content (AvgIpc) is 2.36. The van der Waals surface area contributed by atoms with E-state index in [0.29, 0.717) is 6.54 Å². The number of carbonyl (C=O) groups is 2. The van der Waals surface area contributed by atoms with Crippen LogP contribution >= 0.6 is 0 Å². The van der Waals surface area contributed by atoms with Crippen LogP contribution in [-0.4, -0.2) is 48.8 Å². The van der Waals surface area contributed by atoms with Gasteiger partial charge in [0, 0.05) is 18.4 Å². The van der Waals surface area contributed by atoms with Crippen molar-refractivity contribution in [2.45, 2.75) is 38.5 Å². The van der Waals surface area contributed by atoms with Crippen molar-refractivity contribution in [3.63, 3.8) is 0 Å². The Hall–Kier alpha value is -0.900. The number of piperidine rings is 1. The van der Waals surface area contributed by atoms with Gasteiger partial charge in [0.2, 0.25) is 11.8 Å². The van der Waals surface area contributed by atoms with Crippen LogP contribution in [0.15, 0.2) is 0 Å². The third-order valence-electron chi connectivity index (χ3n) is 4.14. The van der Waals surface area contributed by atoms with Gasteiger partial charge < -0.3 is 4.90 Å². The number of likely N-dealkylation sites (tertiary alicyclic amines) is 1.